The maximum atomic E-state index is 12.5. The van der Waals surface area contributed by atoms with E-state index in [1.165, 1.54) is 49.8 Å². The molecule has 1 aliphatic heterocycles. The van der Waals surface area contributed by atoms with Crippen molar-refractivity contribution < 1.29 is 4.79 Å². The Morgan fingerprint density at radius 2 is 1.88 bits per heavy atom. The summed E-state index contributed by atoms with van der Waals surface area (Å²) < 4.78 is 1.95. The highest BCUT2D eigenvalue weighted by atomic mass is 16.2. The van der Waals surface area contributed by atoms with E-state index in [1.54, 1.807) is 0 Å². The van der Waals surface area contributed by atoms with Gasteiger partial charge in [0.25, 0.3) is 0 Å². The summed E-state index contributed by atoms with van der Waals surface area (Å²) in [4.78, 5) is 14.4. The molecule has 144 valence electrons. The van der Waals surface area contributed by atoms with E-state index < -0.39 is 0 Å². The smallest absolute Gasteiger partial charge is 0.223 e. The van der Waals surface area contributed by atoms with Crippen molar-refractivity contribution in [2.45, 2.75) is 70.9 Å². The quantitative estimate of drug-likeness (QED) is 0.880. The topological polar surface area (TPSA) is 50.2 Å². The van der Waals surface area contributed by atoms with Gasteiger partial charge in [-0.1, -0.05) is 12.8 Å². The van der Waals surface area contributed by atoms with Gasteiger partial charge >= 0.3 is 0 Å². The summed E-state index contributed by atoms with van der Waals surface area (Å²) in [5.74, 6) is 2.58. The number of likely N-dealkylation sites (tertiary alicyclic amines) is 1. The van der Waals surface area contributed by atoms with Crippen molar-refractivity contribution in [3.05, 3.63) is 17.0 Å². The van der Waals surface area contributed by atoms with Gasteiger partial charge in [-0.3, -0.25) is 9.48 Å². The molecule has 0 bridgehead atoms. The van der Waals surface area contributed by atoms with Gasteiger partial charge in [0.1, 0.15) is 0 Å². The molecule has 0 aromatic carbocycles. The summed E-state index contributed by atoms with van der Waals surface area (Å²) >= 11 is 0. The van der Waals surface area contributed by atoms with Crippen LogP contribution in [-0.4, -0.2) is 40.2 Å². The lowest BCUT2D eigenvalue weighted by molar-refractivity contribution is -0.127. The van der Waals surface area contributed by atoms with Crippen molar-refractivity contribution in [3.63, 3.8) is 0 Å². The molecule has 4 rings (SSSR count). The van der Waals surface area contributed by atoms with Gasteiger partial charge in [0.05, 0.1) is 11.7 Å². The van der Waals surface area contributed by atoms with Crippen LogP contribution < -0.4 is 5.32 Å². The first-order valence-electron chi connectivity index (χ1n) is 10.4. The average molecular weight is 359 g/mol. The van der Waals surface area contributed by atoms with Gasteiger partial charge in [-0.2, -0.15) is 5.10 Å². The van der Waals surface area contributed by atoms with E-state index in [4.69, 9.17) is 0 Å². The maximum absolute atomic E-state index is 12.5. The van der Waals surface area contributed by atoms with Crippen LogP contribution in [0.15, 0.2) is 0 Å². The van der Waals surface area contributed by atoms with Crippen molar-refractivity contribution in [1.29, 1.82) is 0 Å². The zero-order valence-corrected chi connectivity index (χ0v) is 16.8. The van der Waals surface area contributed by atoms with Crippen LogP contribution in [0, 0.1) is 31.6 Å². The summed E-state index contributed by atoms with van der Waals surface area (Å²) in [6, 6.07) is 0.804. The number of carbonyl (C=O) groups is 1. The van der Waals surface area contributed by atoms with Crippen molar-refractivity contribution >= 4 is 5.91 Å². The number of nitrogens with zero attached hydrogens (tertiary/aromatic N) is 3. The highest BCUT2D eigenvalue weighted by Gasteiger charge is 2.41. The zero-order valence-electron chi connectivity index (χ0n) is 16.8. The van der Waals surface area contributed by atoms with Crippen LogP contribution in [0.25, 0.3) is 0 Å². The van der Waals surface area contributed by atoms with E-state index in [0.717, 1.165) is 24.1 Å². The molecular weight excluding hydrogens is 324 g/mol. The second-order valence-corrected chi connectivity index (χ2v) is 8.99. The van der Waals surface area contributed by atoms with E-state index in [2.05, 4.69) is 24.3 Å². The number of amides is 1. The fraction of sp³-hybridized carbons (Fsp3) is 0.810. The summed E-state index contributed by atoms with van der Waals surface area (Å²) in [7, 11) is 3.96. The third-order valence-corrected chi connectivity index (χ3v) is 7.23. The third-order valence-electron chi connectivity index (χ3n) is 7.23. The third kappa shape index (κ3) is 3.30. The maximum Gasteiger partial charge on any atom is 0.223 e. The minimum Gasteiger partial charge on any atom is -0.338 e. The largest absolute Gasteiger partial charge is 0.338 e. The molecule has 1 aromatic rings. The lowest BCUT2D eigenvalue weighted by atomic mass is 9.82. The molecule has 5 nitrogen and oxygen atoms in total. The molecule has 0 radical (unpaired) electrons. The van der Waals surface area contributed by atoms with Crippen molar-refractivity contribution in [2.75, 3.05) is 13.6 Å². The van der Waals surface area contributed by atoms with Crippen LogP contribution in [0.4, 0.5) is 0 Å². The Labute approximate surface area is 157 Å². The lowest BCUT2D eigenvalue weighted by Crippen LogP contribution is -2.39. The molecule has 1 N–H and O–H groups in total. The Morgan fingerprint density at radius 3 is 2.54 bits per heavy atom. The Balaban J connectivity index is 1.45. The first kappa shape index (κ1) is 18.0. The van der Waals surface area contributed by atoms with Gasteiger partial charge in [-0.05, 0) is 51.4 Å². The molecule has 0 unspecified atom stereocenters. The monoisotopic (exact) mass is 358 g/mol. The first-order valence-corrected chi connectivity index (χ1v) is 10.4. The first-order chi connectivity index (χ1) is 12.5. The summed E-state index contributed by atoms with van der Waals surface area (Å²) in [5.41, 5.74) is 3.51. The Hall–Kier alpha value is -1.36. The van der Waals surface area contributed by atoms with Crippen LogP contribution in [0.5, 0.6) is 0 Å². The molecule has 1 amide bonds. The summed E-state index contributed by atoms with van der Waals surface area (Å²) in [6.45, 7) is 5.14. The number of aryl methyl sites for hydroxylation is 2. The zero-order chi connectivity index (χ0) is 18.4. The van der Waals surface area contributed by atoms with E-state index >= 15 is 0 Å². The fourth-order valence-corrected chi connectivity index (χ4v) is 5.51. The number of rotatable bonds is 5. The normalized spacial score (nSPS) is 32.5. The Morgan fingerprint density at radius 1 is 1.12 bits per heavy atom. The second kappa shape index (κ2) is 6.99. The molecule has 2 aliphatic carbocycles. The second-order valence-electron chi connectivity index (χ2n) is 8.99. The lowest BCUT2D eigenvalue weighted by Gasteiger charge is -2.32. The van der Waals surface area contributed by atoms with Gasteiger partial charge in [0, 0.05) is 50.3 Å². The Kier molecular flexibility index (Phi) is 4.84. The molecule has 26 heavy (non-hydrogen) atoms. The molecular formula is C21H34N4O. The minimum atomic E-state index is 0.159. The van der Waals surface area contributed by atoms with Gasteiger partial charge in [0.15, 0.2) is 0 Å². The minimum absolute atomic E-state index is 0.159. The number of hydrogen-bond donors (Lipinski definition) is 1. The predicted octanol–water partition coefficient (Wildman–Crippen LogP) is 3.11. The standard InChI is InChI=1S/C21H34N4O/c1-13-20(14(2)25(4)23-13)21-17(11-19(26)24(21)3)12-22-18-7-5-6-16(10-18)15-8-9-15/h15-18,21-22H,5-12H2,1-4H3/t16-,17-,18+,21+/m0/s1. The van der Waals surface area contributed by atoms with Crippen LogP contribution in [-0.2, 0) is 11.8 Å². The summed E-state index contributed by atoms with van der Waals surface area (Å²) in [6.07, 6.45) is 9.02. The van der Waals surface area contributed by atoms with E-state index in [0.29, 0.717) is 18.4 Å². The average Bonchev–Trinajstić information content (AvgIpc) is 3.39. The molecule has 3 fully saturated rings. The predicted molar refractivity (Wildman–Crippen MR) is 103 cm³/mol. The summed E-state index contributed by atoms with van der Waals surface area (Å²) in [5, 5.41) is 8.45. The molecule has 0 spiro atoms. The van der Waals surface area contributed by atoms with Crippen molar-refractivity contribution in [2.24, 2.45) is 24.8 Å². The molecule has 4 atom stereocenters. The SMILES string of the molecule is Cc1nn(C)c(C)c1[C@H]1[C@H](CN[C@@H]2CCC[C@H](C3CC3)C2)CC(=O)N1C. The van der Waals surface area contributed by atoms with Crippen LogP contribution in [0.2, 0.25) is 0 Å². The highest BCUT2D eigenvalue weighted by molar-refractivity contribution is 5.79. The van der Waals surface area contributed by atoms with E-state index in [1.807, 2.05) is 23.7 Å². The van der Waals surface area contributed by atoms with Gasteiger partial charge in [-0.15, -0.1) is 0 Å². The molecule has 2 saturated carbocycles. The highest BCUT2D eigenvalue weighted by Crippen LogP contribution is 2.44. The Bertz CT molecular complexity index is 678. The number of nitrogens with one attached hydrogen (secondary N) is 1. The number of carbonyl (C=O) groups excluding carboxylic acids is 1. The fourth-order valence-electron chi connectivity index (χ4n) is 5.51. The van der Waals surface area contributed by atoms with Crippen molar-refractivity contribution in [3.8, 4) is 0 Å². The molecule has 1 saturated heterocycles. The van der Waals surface area contributed by atoms with E-state index in [-0.39, 0.29) is 11.9 Å². The molecule has 1 aromatic heterocycles. The number of aromatic nitrogens is 2. The van der Waals surface area contributed by atoms with Gasteiger partial charge < -0.3 is 10.2 Å². The van der Waals surface area contributed by atoms with E-state index in [9.17, 15) is 4.79 Å². The van der Waals surface area contributed by atoms with Gasteiger partial charge in [-0.25, -0.2) is 0 Å². The molecule has 3 aliphatic rings. The number of hydrogen-bond acceptors (Lipinski definition) is 3. The molecule has 2 heterocycles. The van der Waals surface area contributed by atoms with Crippen LogP contribution in [0.3, 0.4) is 0 Å². The van der Waals surface area contributed by atoms with Gasteiger partial charge in [0.2, 0.25) is 5.91 Å². The van der Waals surface area contributed by atoms with Crippen LogP contribution in [0.1, 0.15) is 67.9 Å². The van der Waals surface area contributed by atoms with Crippen molar-refractivity contribution in [1.82, 2.24) is 20.0 Å². The van der Waals surface area contributed by atoms with Crippen LogP contribution >= 0.6 is 0 Å². The molecule has 5 heteroatoms.